The lowest BCUT2D eigenvalue weighted by molar-refractivity contribution is 0.0897. The molecule has 0 aliphatic carbocycles. The summed E-state index contributed by atoms with van der Waals surface area (Å²) in [6.45, 7) is 0. The fraction of sp³-hybridized carbons (Fsp3) is 0. The zero-order valence-corrected chi connectivity index (χ0v) is 13.4. The van der Waals surface area contributed by atoms with Crippen LogP contribution in [-0.2, 0) is 0 Å². The molecule has 3 rings (SSSR count). The molecule has 0 saturated carbocycles. The second-order valence-corrected chi connectivity index (χ2v) is 5.53. The van der Waals surface area contributed by atoms with Gasteiger partial charge >= 0.3 is 0 Å². The van der Waals surface area contributed by atoms with Crippen molar-refractivity contribution >= 4 is 28.9 Å². The summed E-state index contributed by atoms with van der Waals surface area (Å²) < 4.78 is 0. The standard InChI is InChI=1S/C20H17N3O2/c21-16-11-9-14(10-12-16)19(24)23(18-7-2-1-3-8-18)20(25)15-5-4-6-17(22)13-15/h1-13H,21-22H2. The summed E-state index contributed by atoms with van der Waals surface area (Å²) >= 11 is 0. The Labute approximate surface area is 145 Å². The summed E-state index contributed by atoms with van der Waals surface area (Å²) in [6, 6.07) is 21.8. The number of hydrogen-bond donors (Lipinski definition) is 2. The molecule has 0 fully saturated rings. The average molecular weight is 331 g/mol. The van der Waals surface area contributed by atoms with Gasteiger partial charge < -0.3 is 11.5 Å². The zero-order valence-electron chi connectivity index (χ0n) is 13.4. The molecule has 5 nitrogen and oxygen atoms in total. The highest BCUT2D eigenvalue weighted by molar-refractivity contribution is 6.25. The number of imide groups is 1. The second-order valence-electron chi connectivity index (χ2n) is 5.53. The maximum Gasteiger partial charge on any atom is 0.265 e. The monoisotopic (exact) mass is 331 g/mol. The minimum Gasteiger partial charge on any atom is -0.399 e. The molecule has 0 spiro atoms. The second kappa shape index (κ2) is 6.88. The molecule has 3 aromatic rings. The normalized spacial score (nSPS) is 10.2. The molecule has 3 aromatic carbocycles. The van der Waals surface area contributed by atoms with Gasteiger partial charge in [0.25, 0.3) is 11.8 Å². The number of anilines is 3. The van der Waals surface area contributed by atoms with Crippen molar-refractivity contribution in [3.63, 3.8) is 0 Å². The lowest BCUT2D eigenvalue weighted by Crippen LogP contribution is -2.37. The third-order valence-corrected chi connectivity index (χ3v) is 3.71. The predicted octanol–water partition coefficient (Wildman–Crippen LogP) is 3.34. The number of rotatable bonds is 3. The lowest BCUT2D eigenvalue weighted by Gasteiger charge is -2.21. The van der Waals surface area contributed by atoms with Crippen molar-refractivity contribution in [2.24, 2.45) is 0 Å². The van der Waals surface area contributed by atoms with E-state index in [-0.39, 0.29) is 0 Å². The third kappa shape index (κ3) is 3.50. The Kier molecular flexibility index (Phi) is 4.48. The Balaban J connectivity index is 2.05. The number of amides is 2. The molecule has 0 aliphatic rings. The maximum absolute atomic E-state index is 13.0. The number of benzene rings is 3. The van der Waals surface area contributed by atoms with Gasteiger partial charge in [0, 0.05) is 22.5 Å². The number of hydrogen-bond acceptors (Lipinski definition) is 4. The van der Waals surface area contributed by atoms with E-state index in [0.717, 1.165) is 4.90 Å². The minimum absolute atomic E-state index is 0.340. The molecule has 4 N–H and O–H groups in total. The molecule has 0 saturated heterocycles. The van der Waals surface area contributed by atoms with Crippen molar-refractivity contribution in [1.82, 2.24) is 0 Å². The van der Waals surface area contributed by atoms with Crippen LogP contribution in [0.2, 0.25) is 0 Å². The van der Waals surface area contributed by atoms with Crippen LogP contribution in [0.1, 0.15) is 20.7 Å². The van der Waals surface area contributed by atoms with Crippen LogP contribution in [0.25, 0.3) is 0 Å². The van der Waals surface area contributed by atoms with E-state index >= 15 is 0 Å². The summed E-state index contributed by atoms with van der Waals surface area (Å²) in [4.78, 5) is 27.1. The molecular formula is C20H17N3O2. The van der Waals surface area contributed by atoms with Gasteiger partial charge in [0.05, 0.1) is 5.69 Å². The molecule has 0 bridgehead atoms. The van der Waals surface area contributed by atoms with Gasteiger partial charge in [-0.2, -0.15) is 0 Å². The van der Waals surface area contributed by atoms with Crippen molar-refractivity contribution in [2.45, 2.75) is 0 Å². The number of nitrogen functional groups attached to an aromatic ring is 2. The molecule has 0 unspecified atom stereocenters. The fourth-order valence-electron chi connectivity index (χ4n) is 2.46. The topological polar surface area (TPSA) is 89.4 Å². The highest BCUT2D eigenvalue weighted by Crippen LogP contribution is 2.21. The molecule has 124 valence electrons. The molecule has 0 radical (unpaired) electrons. The van der Waals surface area contributed by atoms with Crippen LogP contribution < -0.4 is 16.4 Å². The van der Waals surface area contributed by atoms with Gasteiger partial charge in [-0.3, -0.25) is 9.59 Å². The molecular weight excluding hydrogens is 314 g/mol. The summed E-state index contributed by atoms with van der Waals surface area (Å²) in [5.41, 5.74) is 13.6. The largest absolute Gasteiger partial charge is 0.399 e. The Hall–Kier alpha value is -3.60. The molecule has 0 aliphatic heterocycles. The van der Waals surface area contributed by atoms with Crippen LogP contribution >= 0.6 is 0 Å². The van der Waals surface area contributed by atoms with E-state index in [1.807, 2.05) is 6.07 Å². The van der Waals surface area contributed by atoms with E-state index < -0.39 is 11.8 Å². The van der Waals surface area contributed by atoms with Crippen LogP contribution in [0.4, 0.5) is 17.1 Å². The third-order valence-electron chi connectivity index (χ3n) is 3.71. The maximum atomic E-state index is 13.0. The molecule has 0 heterocycles. The van der Waals surface area contributed by atoms with E-state index in [0.29, 0.717) is 28.2 Å². The number of carbonyl (C=O) groups excluding carboxylic acids is 2. The Morgan fingerprint density at radius 2 is 1.28 bits per heavy atom. The van der Waals surface area contributed by atoms with E-state index in [1.165, 1.54) is 0 Å². The van der Waals surface area contributed by atoms with Crippen molar-refractivity contribution in [2.75, 3.05) is 16.4 Å². The zero-order chi connectivity index (χ0) is 17.8. The first-order valence-electron chi connectivity index (χ1n) is 7.71. The van der Waals surface area contributed by atoms with E-state index in [2.05, 4.69) is 0 Å². The van der Waals surface area contributed by atoms with E-state index in [9.17, 15) is 9.59 Å². The fourth-order valence-corrected chi connectivity index (χ4v) is 2.46. The van der Waals surface area contributed by atoms with Crippen molar-refractivity contribution in [1.29, 1.82) is 0 Å². The Morgan fingerprint density at radius 1 is 0.640 bits per heavy atom. The molecule has 0 aromatic heterocycles. The van der Waals surface area contributed by atoms with Crippen molar-refractivity contribution in [3.05, 3.63) is 90.0 Å². The summed E-state index contributed by atoms with van der Waals surface area (Å²) in [5.74, 6) is -0.876. The van der Waals surface area contributed by atoms with Crippen LogP contribution in [-0.4, -0.2) is 11.8 Å². The smallest absolute Gasteiger partial charge is 0.265 e. The first kappa shape index (κ1) is 16.3. The first-order chi connectivity index (χ1) is 12.1. The van der Waals surface area contributed by atoms with Crippen molar-refractivity contribution in [3.8, 4) is 0 Å². The average Bonchev–Trinajstić information content (AvgIpc) is 2.63. The number of para-hydroxylation sites is 1. The molecule has 2 amide bonds. The number of nitrogens with two attached hydrogens (primary N) is 2. The highest BCUT2D eigenvalue weighted by atomic mass is 16.2. The minimum atomic E-state index is -0.444. The lowest BCUT2D eigenvalue weighted by atomic mass is 10.1. The van der Waals surface area contributed by atoms with Gasteiger partial charge in [-0.05, 0) is 54.6 Å². The van der Waals surface area contributed by atoms with Crippen LogP contribution in [0, 0.1) is 0 Å². The predicted molar refractivity (Wildman–Crippen MR) is 99.3 cm³/mol. The Morgan fingerprint density at radius 3 is 1.92 bits per heavy atom. The van der Waals surface area contributed by atoms with Gasteiger partial charge in [0.2, 0.25) is 0 Å². The van der Waals surface area contributed by atoms with Gasteiger partial charge in [-0.1, -0.05) is 24.3 Å². The molecule has 0 atom stereocenters. The number of nitrogens with zero attached hydrogens (tertiary/aromatic N) is 1. The summed E-state index contributed by atoms with van der Waals surface area (Å²) in [5, 5.41) is 0. The highest BCUT2D eigenvalue weighted by Gasteiger charge is 2.25. The van der Waals surface area contributed by atoms with Gasteiger partial charge in [-0.15, -0.1) is 0 Å². The first-order valence-corrected chi connectivity index (χ1v) is 7.71. The summed E-state index contributed by atoms with van der Waals surface area (Å²) in [7, 11) is 0. The SMILES string of the molecule is Nc1ccc(C(=O)N(C(=O)c2cccc(N)c2)c2ccccc2)cc1. The van der Waals surface area contributed by atoms with Crippen molar-refractivity contribution < 1.29 is 9.59 Å². The van der Waals surface area contributed by atoms with Crippen LogP contribution in [0.5, 0.6) is 0 Å². The van der Waals surface area contributed by atoms with E-state index in [1.54, 1.807) is 72.8 Å². The van der Waals surface area contributed by atoms with Gasteiger partial charge in [-0.25, -0.2) is 4.90 Å². The quantitative estimate of drug-likeness (QED) is 0.569. The molecule has 25 heavy (non-hydrogen) atoms. The van der Waals surface area contributed by atoms with Crippen LogP contribution in [0.3, 0.4) is 0 Å². The van der Waals surface area contributed by atoms with Gasteiger partial charge in [0.15, 0.2) is 0 Å². The number of carbonyl (C=O) groups is 2. The van der Waals surface area contributed by atoms with Crippen LogP contribution in [0.15, 0.2) is 78.9 Å². The molecule has 5 heteroatoms. The Bertz CT molecular complexity index is 906. The van der Waals surface area contributed by atoms with Gasteiger partial charge in [0.1, 0.15) is 0 Å². The summed E-state index contributed by atoms with van der Waals surface area (Å²) in [6.07, 6.45) is 0. The van der Waals surface area contributed by atoms with E-state index in [4.69, 9.17) is 11.5 Å².